The molecule has 2 rings (SSSR count). The van der Waals surface area contributed by atoms with E-state index in [9.17, 15) is 0 Å². The van der Waals surface area contributed by atoms with Crippen LogP contribution in [-0.4, -0.2) is 21.1 Å². The molecule has 5 nitrogen and oxygen atoms in total. The standard InChI is InChI=1S/C13H15N5S3/c14-12(15)19-6-5-8-1-3-9(4-2-8)10-11(18-7-20-10)21-13(16)17/h1-4,7H,5-6H2,(H3,14,15)(H3,16,17). The number of nitrogens with zero attached hydrogens (tertiary/aromatic N) is 1. The summed E-state index contributed by atoms with van der Waals surface area (Å²) in [5.74, 6) is 0.806. The van der Waals surface area contributed by atoms with Crippen molar-refractivity contribution in [3.05, 3.63) is 35.3 Å². The summed E-state index contributed by atoms with van der Waals surface area (Å²) in [5, 5.41) is 15.5. The third-order valence-electron chi connectivity index (χ3n) is 2.61. The molecule has 0 aliphatic carbocycles. The van der Waals surface area contributed by atoms with Gasteiger partial charge in [-0.05, 0) is 29.3 Å². The Balaban J connectivity index is 2.07. The van der Waals surface area contributed by atoms with Gasteiger partial charge in [-0.2, -0.15) is 0 Å². The van der Waals surface area contributed by atoms with Gasteiger partial charge in [0.2, 0.25) is 0 Å². The zero-order valence-corrected chi connectivity index (χ0v) is 13.6. The summed E-state index contributed by atoms with van der Waals surface area (Å²) in [6.45, 7) is 0. The Morgan fingerprint density at radius 1 is 1.14 bits per heavy atom. The highest BCUT2D eigenvalue weighted by atomic mass is 32.2. The fourth-order valence-electron chi connectivity index (χ4n) is 1.71. The van der Waals surface area contributed by atoms with Gasteiger partial charge in [0.05, 0.1) is 10.4 Å². The first-order valence-corrected chi connectivity index (χ1v) is 8.76. The Kier molecular flexibility index (Phi) is 5.66. The molecule has 21 heavy (non-hydrogen) atoms. The average Bonchev–Trinajstić information content (AvgIpc) is 2.86. The van der Waals surface area contributed by atoms with Crippen molar-refractivity contribution in [1.82, 2.24) is 4.98 Å². The number of hydrogen-bond donors (Lipinski definition) is 4. The fourth-order valence-corrected chi connectivity index (χ4v) is 3.81. The summed E-state index contributed by atoms with van der Waals surface area (Å²) >= 11 is 4.06. The van der Waals surface area contributed by atoms with Crippen molar-refractivity contribution in [2.24, 2.45) is 11.5 Å². The van der Waals surface area contributed by atoms with Crippen LogP contribution in [-0.2, 0) is 6.42 Å². The number of aryl methyl sites for hydroxylation is 1. The lowest BCUT2D eigenvalue weighted by Crippen LogP contribution is -2.05. The fraction of sp³-hybridized carbons (Fsp3) is 0.154. The van der Waals surface area contributed by atoms with Gasteiger partial charge >= 0.3 is 0 Å². The predicted octanol–water partition coefficient (Wildman–Crippen LogP) is 2.96. The molecule has 110 valence electrons. The van der Waals surface area contributed by atoms with E-state index >= 15 is 0 Å². The SMILES string of the molecule is N=C(N)SCCc1ccc(-c2scnc2SC(=N)N)cc1. The van der Waals surface area contributed by atoms with Gasteiger partial charge in [-0.3, -0.25) is 10.8 Å². The minimum Gasteiger partial charge on any atom is -0.379 e. The van der Waals surface area contributed by atoms with E-state index in [-0.39, 0.29) is 10.3 Å². The van der Waals surface area contributed by atoms with Crippen molar-refractivity contribution in [1.29, 1.82) is 10.8 Å². The van der Waals surface area contributed by atoms with E-state index in [0.29, 0.717) is 0 Å². The first-order valence-electron chi connectivity index (χ1n) is 6.07. The molecule has 0 unspecified atom stereocenters. The second-order valence-electron chi connectivity index (χ2n) is 4.11. The monoisotopic (exact) mass is 337 g/mol. The van der Waals surface area contributed by atoms with Crippen LogP contribution in [0.3, 0.4) is 0 Å². The van der Waals surface area contributed by atoms with E-state index in [1.54, 1.807) is 5.51 Å². The normalized spacial score (nSPS) is 10.5. The molecule has 0 spiro atoms. The van der Waals surface area contributed by atoms with E-state index in [4.69, 9.17) is 22.3 Å². The van der Waals surface area contributed by atoms with E-state index in [1.807, 2.05) is 12.1 Å². The first kappa shape index (κ1) is 15.9. The zero-order chi connectivity index (χ0) is 15.2. The number of thiazole rings is 1. The molecule has 0 bridgehead atoms. The van der Waals surface area contributed by atoms with Crippen LogP contribution in [0, 0.1) is 10.8 Å². The van der Waals surface area contributed by atoms with Crippen LogP contribution in [0.5, 0.6) is 0 Å². The molecule has 1 aromatic carbocycles. The van der Waals surface area contributed by atoms with Crippen LogP contribution < -0.4 is 11.5 Å². The van der Waals surface area contributed by atoms with E-state index in [2.05, 4.69) is 17.1 Å². The second-order valence-corrected chi connectivity index (χ2v) is 7.13. The van der Waals surface area contributed by atoms with Crippen molar-refractivity contribution < 1.29 is 0 Å². The Morgan fingerprint density at radius 3 is 2.48 bits per heavy atom. The highest BCUT2D eigenvalue weighted by Crippen LogP contribution is 2.34. The summed E-state index contributed by atoms with van der Waals surface area (Å²) in [5.41, 5.74) is 14.8. The number of nitrogens with one attached hydrogen (secondary N) is 2. The summed E-state index contributed by atoms with van der Waals surface area (Å²) in [6.07, 6.45) is 0.877. The number of amidine groups is 2. The third-order valence-corrected chi connectivity index (χ3v) is 5.05. The summed E-state index contributed by atoms with van der Waals surface area (Å²) in [6, 6.07) is 8.23. The number of benzene rings is 1. The molecular weight excluding hydrogens is 322 g/mol. The van der Waals surface area contributed by atoms with Gasteiger partial charge < -0.3 is 11.5 Å². The number of aromatic nitrogens is 1. The van der Waals surface area contributed by atoms with Crippen LogP contribution >= 0.6 is 34.9 Å². The highest BCUT2D eigenvalue weighted by Gasteiger charge is 2.10. The molecule has 6 N–H and O–H groups in total. The molecule has 0 saturated heterocycles. The lowest BCUT2D eigenvalue weighted by molar-refractivity contribution is 1.16. The molecule has 8 heteroatoms. The average molecular weight is 337 g/mol. The smallest absolute Gasteiger partial charge is 0.157 e. The second kappa shape index (κ2) is 7.48. The third kappa shape index (κ3) is 4.76. The summed E-state index contributed by atoms with van der Waals surface area (Å²) in [7, 11) is 0. The van der Waals surface area contributed by atoms with Gasteiger partial charge in [0.25, 0.3) is 0 Å². The molecule has 1 aromatic heterocycles. The number of hydrogen-bond acceptors (Lipinski definition) is 6. The van der Waals surface area contributed by atoms with E-state index in [0.717, 1.165) is 27.6 Å². The lowest BCUT2D eigenvalue weighted by atomic mass is 10.1. The van der Waals surface area contributed by atoms with Crippen molar-refractivity contribution in [2.75, 3.05) is 5.75 Å². The molecule has 0 aliphatic heterocycles. The molecule has 0 amide bonds. The number of rotatable bonds is 5. The molecule has 0 atom stereocenters. The van der Waals surface area contributed by atoms with Gasteiger partial charge in [0, 0.05) is 5.75 Å². The van der Waals surface area contributed by atoms with E-state index < -0.39 is 0 Å². The molecule has 0 saturated carbocycles. The molecule has 1 heterocycles. The maximum absolute atomic E-state index is 7.35. The van der Waals surface area contributed by atoms with Crippen molar-refractivity contribution >= 4 is 45.2 Å². The number of nitrogens with two attached hydrogens (primary N) is 2. The maximum Gasteiger partial charge on any atom is 0.157 e. The minimum absolute atomic E-state index is 0.0417. The van der Waals surface area contributed by atoms with Crippen LogP contribution in [0.15, 0.2) is 34.8 Å². The van der Waals surface area contributed by atoms with Gasteiger partial charge in [-0.15, -0.1) is 11.3 Å². The summed E-state index contributed by atoms with van der Waals surface area (Å²) < 4.78 is 0. The molecular formula is C13H15N5S3. The Hall–Kier alpha value is -1.51. The molecule has 0 fully saturated rings. The van der Waals surface area contributed by atoms with Gasteiger partial charge in [-0.1, -0.05) is 36.0 Å². The van der Waals surface area contributed by atoms with Crippen molar-refractivity contribution in [2.45, 2.75) is 11.4 Å². The lowest BCUT2D eigenvalue weighted by Gasteiger charge is -2.04. The van der Waals surface area contributed by atoms with Crippen molar-refractivity contribution in [3.63, 3.8) is 0 Å². The Labute approximate surface area is 135 Å². The minimum atomic E-state index is 0.0417. The van der Waals surface area contributed by atoms with Crippen molar-refractivity contribution in [3.8, 4) is 10.4 Å². The zero-order valence-electron chi connectivity index (χ0n) is 11.1. The first-order chi connectivity index (χ1) is 10.1. The molecule has 2 aromatic rings. The predicted molar refractivity (Wildman–Crippen MR) is 93.4 cm³/mol. The van der Waals surface area contributed by atoms with Crippen LogP contribution in [0.2, 0.25) is 0 Å². The van der Waals surface area contributed by atoms with Crippen LogP contribution in [0.25, 0.3) is 10.4 Å². The Morgan fingerprint density at radius 2 is 1.86 bits per heavy atom. The van der Waals surface area contributed by atoms with Crippen LogP contribution in [0.4, 0.5) is 0 Å². The summed E-state index contributed by atoms with van der Waals surface area (Å²) in [4.78, 5) is 5.27. The van der Waals surface area contributed by atoms with Gasteiger partial charge in [0.15, 0.2) is 10.3 Å². The quantitative estimate of drug-likeness (QED) is 0.380. The molecule has 0 radical (unpaired) electrons. The largest absolute Gasteiger partial charge is 0.379 e. The maximum atomic E-state index is 7.35. The van der Waals surface area contributed by atoms with Gasteiger partial charge in [0.1, 0.15) is 5.03 Å². The topological polar surface area (TPSA) is 113 Å². The molecule has 0 aliphatic rings. The highest BCUT2D eigenvalue weighted by molar-refractivity contribution is 8.14. The Bertz CT molecular complexity index is 636. The van der Waals surface area contributed by atoms with E-state index in [1.165, 1.54) is 40.4 Å². The number of thioether (sulfide) groups is 2. The van der Waals surface area contributed by atoms with Crippen LogP contribution in [0.1, 0.15) is 5.56 Å². The van der Waals surface area contributed by atoms with Gasteiger partial charge in [-0.25, -0.2) is 4.98 Å².